The number of hydrogen-bond donors (Lipinski definition) is 0. The largest absolute Gasteiger partial charge is 0.460 e. The molecule has 4 nitrogen and oxygen atoms in total. The quantitative estimate of drug-likeness (QED) is 0.180. The lowest BCUT2D eigenvalue weighted by atomic mass is 9.76. The van der Waals surface area contributed by atoms with Gasteiger partial charge in [0.1, 0.15) is 22.5 Å². The molecule has 0 amide bonds. The topological polar surface area (TPSA) is 34.5 Å². The van der Waals surface area contributed by atoms with Crippen LogP contribution in [0.15, 0.2) is 196 Å². The molecule has 3 unspecified atom stereocenters. The second-order valence-electron chi connectivity index (χ2n) is 15.9. The molecule has 3 atom stereocenters. The van der Waals surface area contributed by atoms with Crippen molar-refractivity contribution in [1.82, 2.24) is 4.57 Å². The Morgan fingerprint density at radius 2 is 1.26 bits per heavy atom. The minimum absolute atomic E-state index is 0.0205. The zero-order chi connectivity index (χ0) is 37.9. The molecule has 0 fully saturated rings. The normalized spacial score (nSPS) is 18.6. The molecular formula is C54H36N2O2. The molecule has 7 aromatic carbocycles. The van der Waals surface area contributed by atoms with Crippen molar-refractivity contribution in [3.8, 4) is 5.69 Å². The third kappa shape index (κ3) is 4.51. The molecule has 13 rings (SSSR count). The number of hydrogen-bond acceptors (Lipinski definition) is 3. The summed E-state index contributed by atoms with van der Waals surface area (Å²) in [5.41, 5.74) is 15.1. The highest BCUT2D eigenvalue weighted by molar-refractivity contribution is 6.21. The van der Waals surface area contributed by atoms with Crippen molar-refractivity contribution in [2.24, 2.45) is 0 Å². The standard InChI is InChI=1S/C54H36N2O2/c1-3-13-36(14-4-1)55-45-20-10-7-17-38(45)42-29-33(23-25-47(42)55)35-31-41(54-44(32-35)53-51(58-54)28-27-50-52(53)40-19-9-12-22-49(40)57-50)34-24-26-48-43(30-34)39-18-8-11-21-46(39)56(48)37-15-5-2-6-16-37/h1-30,32,41,43,48H,31H2. The van der Waals surface area contributed by atoms with Crippen LogP contribution in [0.1, 0.15) is 40.7 Å². The molecule has 4 heterocycles. The fraction of sp³-hybridized carbons (Fsp3) is 0.0741. The Bertz CT molecular complexity index is 3390. The number of fused-ring (bicyclic) bond motifs is 13. The maximum absolute atomic E-state index is 7.04. The van der Waals surface area contributed by atoms with E-state index in [0.717, 1.165) is 56.3 Å². The SMILES string of the molecule is C1=CC2C(C=C1C1CC(c3ccc4c(c3)c3ccccc3n4-c3ccccc3)=Cc3c1oc1ccc4oc5ccccc5c4c31)c1ccccc1N2c1ccccc1. The van der Waals surface area contributed by atoms with Crippen molar-refractivity contribution in [3.63, 3.8) is 0 Å². The van der Waals surface area contributed by atoms with Crippen molar-refractivity contribution >= 4 is 77.7 Å². The van der Waals surface area contributed by atoms with Crippen LogP contribution < -0.4 is 4.90 Å². The third-order valence-electron chi connectivity index (χ3n) is 12.9. The van der Waals surface area contributed by atoms with Gasteiger partial charge >= 0.3 is 0 Å². The number of allylic oxidation sites excluding steroid dienone is 3. The van der Waals surface area contributed by atoms with Gasteiger partial charge in [0, 0.05) is 61.4 Å². The van der Waals surface area contributed by atoms with E-state index in [1.165, 1.54) is 55.5 Å². The van der Waals surface area contributed by atoms with E-state index in [1.807, 2.05) is 6.07 Å². The zero-order valence-corrected chi connectivity index (χ0v) is 31.5. The molecule has 0 spiro atoms. The van der Waals surface area contributed by atoms with Crippen molar-refractivity contribution in [2.75, 3.05) is 4.90 Å². The molecule has 10 aromatic rings. The van der Waals surface area contributed by atoms with Crippen molar-refractivity contribution in [1.29, 1.82) is 0 Å². The summed E-state index contributed by atoms with van der Waals surface area (Å²) in [6.07, 6.45) is 10.6. The highest BCUT2D eigenvalue weighted by Crippen LogP contribution is 2.53. The summed E-state index contributed by atoms with van der Waals surface area (Å²) in [5, 5.41) is 5.86. The van der Waals surface area contributed by atoms with E-state index in [1.54, 1.807) is 0 Å². The van der Waals surface area contributed by atoms with Crippen LogP contribution in [0.3, 0.4) is 0 Å². The predicted octanol–water partition coefficient (Wildman–Crippen LogP) is 14.3. The summed E-state index contributed by atoms with van der Waals surface area (Å²) in [6.45, 7) is 0. The summed E-state index contributed by atoms with van der Waals surface area (Å²) in [5.74, 6) is 1.26. The van der Waals surface area contributed by atoms with Crippen LogP contribution in [-0.4, -0.2) is 10.6 Å². The van der Waals surface area contributed by atoms with Gasteiger partial charge in [-0.1, -0.05) is 115 Å². The number of anilines is 2. The van der Waals surface area contributed by atoms with E-state index in [2.05, 4.69) is 191 Å². The molecule has 0 radical (unpaired) electrons. The van der Waals surface area contributed by atoms with Crippen LogP contribution in [-0.2, 0) is 0 Å². The fourth-order valence-corrected chi connectivity index (χ4v) is 10.4. The zero-order valence-electron chi connectivity index (χ0n) is 31.5. The average Bonchev–Trinajstić information content (AvgIpc) is 4.04. The minimum atomic E-state index is 0.0205. The summed E-state index contributed by atoms with van der Waals surface area (Å²) in [7, 11) is 0. The van der Waals surface area contributed by atoms with Crippen LogP contribution in [0.4, 0.5) is 11.4 Å². The maximum atomic E-state index is 7.04. The summed E-state index contributed by atoms with van der Waals surface area (Å²) < 4.78 is 15.9. The van der Waals surface area contributed by atoms with Crippen molar-refractivity contribution in [3.05, 3.63) is 210 Å². The van der Waals surface area contributed by atoms with E-state index >= 15 is 0 Å². The first-order valence-corrected chi connectivity index (χ1v) is 20.3. The monoisotopic (exact) mass is 744 g/mol. The molecule has 0 saturated heterocycles. The second kappa shape index (κ2) is 12.1. The van der Waals surface area contributed by atoms with E-state index in [4.69, 9.17) is 8.83 Å². The molecule has 3 aromatic heterocycles. The molecule has 0 N–H and O–H groups in total. The van der Waals surface area contributed by atoms with Gasteiger partial charge in [-0.3, -0.25) is 0 Å². The van der Waals surface area contributed by atoms with Gasteiger partial charge in [-0.2, -0.15) is 0 Å². The lowest BCUT2D eigenvalue weighted by Gasteiger charge is -2.32. The highest BCUT2D eigenvalue weighted by atomic mass is 16.3. The summed E-state index contributed by atoms with van der Waals surface area (Å²) >= 11 is 0. The van der Waals surface area contributed by atoms with E-state index in [9.17, 15) is 0 Å². The average molecular weight is 745 g/mol. The van der Waals surface area contributed by atoms with Crippen molar-refractivity contribution in [2.45, 2.75) is 24.3 Å². The Hall–Kier alpha value is -7.30. The first kappa shape index (κ1) is 31.9. The van der Waals surface area contributed by atoms with E-state index < -0.39 is 0 Å². The highest BCUT2D eigenvalue weighted by Gasteiger charge is 2.40. The van der Waals surface area contributed by atoms with Gasteiger partial charge in [-0.25, -0.2) is 0 Å². The minimum Gasteiger partial charge on any atom is -0.460 e. The molecule has 58 heavy (non-hydrogen) atoms. The Balaban J connectivity index is 1.02. The van der Waals surface area contributed by atoms with Gasteiger partial charge in [0.25, 0.3) is 0 Å². The number of nitrogens with zero attached hydrogens (tertiary/aromatic N) is 2. The van der Waals surface area contributed by atoms with Crippen LogP contribution in [0.5, 0.6) is 0 Å². The van der Waals surface area contributed by atoms with Crippen molar-refractivity contribution < 1.29 is 8.83 Å². The van der Waals surface area contributed by atoms with Gasteiger partial charge in [0.2, 0.25) is 0 Å². The Kier molecular flexibility index (Phi) is 6.65. The lowest BCUT2D eigenvalue weighted by molar-refractivity contribution is 0.516. The number of furan rings is 2. The second-order valence-corrected chi connectivity index (χ2v) is 15.9. The van der Waals surface area contributed by atoms with Crippen LogP contribution >= 0.6 is 0 Å². The molecule has 2 aliphatic carbocycles. The summed E-state index contributed by atoms with van der Waals surface area (Å²) in [4.78, 5) is 2.50. The van der Waals surface area contributed by atoms with Crippen LogP contribution in [0, 0.1) is 0 Å². The van der Waals surface area contributed by atoms with Gasteiger partial charge < -0.3 is 18.3 Å². The molecule has 4 heteroatoms. The fourth-order valence-electron chi connectivity index (χ4n) is 10.4. The number of aromatic nitrogens is 1. The van der Waals surface area contributed by atoms with Gasteiger partial charge in [-0.05, 0) is 101 Å². The lowest BCUT2D eigenvalue weighted by Crippen LogP contribution is -2.29. The number of benzene rings is 7. The first-order valence-electron chi connectivity index (χ1n) is 20.3. The predicted molar refractivity (Wildman–Crippen MR) is 238 cm³/mol. The van der Waals surface area contributed by atoms with E-state index in [0.29, 0.717) is 0 Å². The first-order chi connectivity index (χ1) is 28.8. The molecular weight excluding hydrogens is 709 g/mol. The smallest absolute Gasteiger partial charge is 0.136 e. The van der Waals surface area contributed by atoms with Crippen LogP contribution in [0.2, 0.25) is 0 Å². The Morgan fingerprint density at radius 1 is 0.552 bits per heavy atom. The molecule has 0 saturated carbocycles. The van der Waals surface area contributed by atoms with Crippen LogP contribution in [0.25, 0.3) is 72.1 Å². The molecule has 0 bridgehead atoms. The van der Waals surface area contributed by atoms with E-state index in [-0.39, 0.29) is 17.9 Å². The Labute approximate surface area is 334 Å². The van der Waals surface area contributed by atoms with Gasteiger partial charge in [0.05, 0.1) is 17.1 Å². The molecule has 274 valence electrons. The van der Waals surface area contributed by atoms with Gasteiger partial charge in [-0.15, -0.1) is 0 Å². The number of para-hydroxylation sites is 5. The molecule has 3 aliphatic rings. The maximum Gasteiger partial charge on any atom is 0.136 e. The number of rotatable bonds is 4. The summed E-state index contributed by atoms with van der Waals surface area (Å²) in [6, 6.07) is 59.0. The third-order valence-corrected chi connectivity index (χ3v) is 12.9. The Morgan fingerprint density at radius 3 is 2.12 bits per heavy atom. The molecule has 1 aliphatic heterocycles. The van der Waals surface area contributed by atoms with Gasteiger partial charge in [0.15, 0.2) is 0 Å².